The van der Waals surface area contributed by atoms with Crippen molar-refractivity contribution in [2.45, 2.75) is 26.9 Å². The van der Waals surface area contributed by atoms with E-state index in [0.29, 0.717) is 0 Å². The third-order valence-corrected chi connectivity index (χ3v) is 4.60. The number of allylic oxidation sites excluding steroid dienone is 1. The maximum atomic E-state index is 4.91. The predicted molar refractivity (Wildman–Crippen MR) is 110 cm³/mol. The van der Waals surface area contributed by atoms with Crippen LogP contribution in [0.5, 0.6) is 0 Å². The predicted octanol–water partition coefficient (Wildman–Crippen LogP) is 4.53. The molecule has 1 aromatic carbocycles. The molecule has 0 saturated carbocycles. The molecule has 1 unspecified atom stereocenters. The number of nitrogens with one attached hydrogen (secondary N) is 1. The lowest BCUT2D eigenvalue weighted by molar-refractivity contribution is 0.661. The molecule has 1 aliphatic rings. The van der Waals surface area contributed by atoms with Gasteiger partial charge in [-0.05, 0) is 55.7 Å². The van der Waals surface area contributed by atoms with Gasteiger partial charge in [-0.25, -0.2) is 0 Å². The summed E-state index contributed by atoms with van der Waals surface area (Å²) in [7, 11) is 0. The van der Waals surface area contributed by atoms with Crippen LogP contribution in [0.1, 0.15) is 39.8 Å². The van der Waals surface area contributed by atoms with Gasteiger partial charge in [0.05, 0.1) is 22.8 Å². The average Bonchev–Trinajstić information content (AvgIpc) is 2.69. The molecular formula is C23H22N4. The molecule has 4 nitrogen and oxygen atoms in total. The second-order valence-electron chi connectivity index (χ2n) is 6.97. The van der Waals surface area contributed by atoms with Crippen molar-refractivity contribution in [3.05, 3.63) is 101 Å². The van der Waals surface area contributed by atoms with Gasteiger partial charge in [0, 0.05) is 12.4 Å². The van der Waals surface area contributed by atoms with E-state index < -0.39 is 0 Å². The number of nitrogens with zero attached hydrogens (tertiary/aromatic N) is 3. The van der Waals surface area contributed by atoms with Crippen LogP contribution in [0.15, 0.2) is 72.0 Å². The number of benzene rings is 1. The van der Waals surface area contributed by atoms with Gasteiger partial charge < -0.3 is 5.32 Å². The van der Waals surface area contributed by atoms with E-state index >= 15 is 0 Å². The fourth-order valence-electron chi connectivity index (χ4n) is 2.98. The Hall–Kier alpha value is -3.27. The van der Waals surface area contributed by atoms with E-state index in [1.165, 1.54) is 5.56 Å². The standard InChI is InChI=1S/C23H22N4/c1-15-4-8-18(9-5-15)23-26-21(19-10-6-16(2)13-24-19)12-22(27-23)20-11-7-17(3)14-25-20/h4-14,23,26H,1-3H3. The van der Waals surface area contributed by atoms with Gasteiger partial charge in [0.15, 0.2) is 0 Å². The minimum absolute atomic E-state index is 0.174. The van der Waals surface area contributed by atoms with Gasteiger partial charge in [0.1, 0.15) is 6.17 Å². The molecule has 1 N–H and O–H groups in total. The van der Waals surface area contributed by atoms with Gasteiger partial charge in [0.25, 0.3) is 0 Å². The van der Waals surface area contributed by atoms with Crippen LogP contribution in [-0.4, -0.2) is 15.7 Å². The Labute approximate surface area is 159 Å². The molecule has 1 atom stereocenters. The van der Waals surface area contributed by atoms with Crippen LogP contribution in [0.3, 0.4) is 0 Å². The van der Waals surface area contributed by atoms with Crippen molar-refractivity contribution in [3.8, 4) is 0 Å². The third-order valence-electron chi connectivity index (χ3n) is 4.60. The van der Waals surface area contributed by atoms with E-state index in [0.717, 1.165) is 39.5 Å². The Kier molecular flexibility index (Phi) is 4.55. The molecule has 0 amide bonds. The topological polar surface area (TPSA) is 50.2 Å². The van der Waals surface area contributed by atoms with Crippen LogP contribution < -0.4 is 5.32 Å². The summed E-state index contributed by atoms with van der Waals surface area (Å²) >= 11 is 0. The lowest BCUT2D eigenvalue weighted by Gasteiger charge is -2.24. The van der Waals surface area contributed by atoms with Gasteiger partial charge >= 0.3 is 0 Å². The number of hydrogen-bond acceptors (Lipinski definition) is 4. The summed E-state index contributed by atoms with van der Waals surface area (Å²) in [5.41, 5.74) is 8.19. The molecule has 4 rings (SSSR count). The van der Waals surface area contributed by atoms with Gasteiger partial charge in [-0.3, -0.25) is 15.0 Å². The van der Waals surface area contributed by atoms with Crippen LogP contribution in [0.25, 0.3) is 5.70 Å². The minimum atomic E-state index is -0.174. The van der Waals surface area contributed by atoms with Crippen molar-refractivity contribution in [1.82, 2.24) is 15.3 Å². The fraction of sp³-hybridized carbons (Fsp3) is 0.174. The number of aryl methyl sites for hydroxylation is 3. The number of aliphatic imine (C=N–C) groups is 1. The first kappa shape index (κ1) is 17.2. The highest BCUT2D eigenvalue weighted by atomic mass is 15.1. The molecule has 0 saturated heterocycles. The zero-order valence-corrected chi connectivity index (χ0v) is 15.8. The number of aromatic nitrogens is 2. The van der Waals surface area contributed by atoms with Gasteiger partial charge in [-0.15, -0.1) is 0 Å². The van der Waals surface area contributed by atoms with Crippen molar-refractivity contribution in [1.29, 1.82) is 0 Å². The molecular weight excluding hydrogens is 332 g/mol. The molecule has 4 heteroatoms. The van der Waals surface area contributed by atoms with Crippen LogP contribution >= 0.6 is 0 Å². The van der Waals surface area contributed by atoms with Crippen molar-refractivity contribution >= 4 is 11.4 Å². The fourth-order valence-corrected chi connectivity index (χ4v) is 2.98. The molecule has 0 fully saturated rings. The summed E-state index contributed by atoms with van der Waals surface area (Å²) in [5, 5.41) is 3.52. The van der Waals surface area contributed by atoms with Crippen LogP contribution in [0.2, 0.25) is 0 Å². The number of rotatable bonds is 3. The summed E-state index contributed by atoms with van der Waals surface area (Å²) in [4.78, 5) is 14.1. The van der Waals surface area contributed by atoms with E-state index in [9.17, 15) is 0 Å². The van der Waals surface area contributed by atoms with E-state index in [1.54, 1.807) is 0 Å². The quantitative estimate of drug-likeness (QED) is 0.751. The molecule has 0 radical (unpaired) electrons. The second kappa shape index (κ2) is 7.16. The van der Waals surface area contributed by atoms with Crippen LogP contribution in [0, 0.1) is 20.8 Å². The molecule has 3 aromatic rings. The molecule has 0 aliphatic carbocycles. The minimum Gasteiger partial charge on any atom is -0.358 e. The van der Waals surface area contributed by atoms with Gasteiger partial charge in [0.2, 0.25) is 0 Å². The highest BCUT2D eigenvalue weighted by molar-refractivity contribution is 6.11. The maximum Gasteiger partial charge on any atom is 0.145 e. The van der Waals surface area contributed by atoms with Gasteiger partial charge in [-0.1, -0.05) is 42.0 Å². The highest BCUT2D eigenvalue weighted by Gasteiger charge is 2.20. The molecule has 1 aliphatic heterocycles. The first-order valence-electron chi connectivity index (χ1n) is 9.07. The van der Waals surface area contributed by atoms with Crippen molar-refractivity contribution in [2.75, 3.05) is 0 Å². The lowest BCUT2D eigenvalue weighted by atomic mass is 10.1. The summed E-state index contributed by atoms with van der Waals surface area (Å²) in [6.07, 6.45) is 5.61. The van der Waals surface area contributed by atoms with Crippen molar-refractivity contribution < 1.29 is 0 Å². The molecule has 27 heavy (non-hydrogen) atoms. The second-order valence-corrected chi connectivity index (χ2v) is 6.97. The number of hydrogen-bond donors (Lipinski definition) is 1. The Morgan fingerprint density at radius 1 is 0.704 bits per heavy atom. The monoisotopic (exact) mass is 354 g/mol. The summed E-state index contributed by atoms with van der Waals surface area (Å²) in [6, 6.07) is 16.6. The van der Waals surface area contributed by atoms with E-state index in [4.69, 9.17) is 4.99 Å². The maximum absolute atomic E-state index is 4.91. The zero-order chi connectivity index (χ0) is 18.8. The molecule has 2 aromatic heterocycles. The van der Waals surface area contributed by atoms with Crippen molar-refractivity contribution in [2.24, 2.45) is 4.99 Å². The summed E-state index contributed by atoms with van der Waals surface area (Å²) < 4.78 is 0. The third kappa shape index (κ3) is 3.80. The molecule has 134 valence electrons. The van der Waals surface area contributed by atoms with E-state index in [-0.39, 0.29) is 6.17 Å². The Morgan fingerprint density at radius 3 is 1.89 bits per heavy atom. The Bertz CT molecular complexity index is 998. The SMILES string of the molecule is Cc1ccc(C2N=C(c3ccc(C)cn3)C=C(c3ccc(C)cn3)N2)cc1. The largest absolute Gasteiger partial charge is 0.358 e. The highest BCUT2D eigenvalue weighted by Crippen LogP contribution is 2.25. The van der Waals surface area contributed by atoms with Gasteiger partial charge in [-0.2, -0.15) is 0 Å². The summed E-state index contributed by atoms with van der Waals surface area (Å²) in [6.45, 7) is 6.16. The molecule has 3 heterocycles. The summed E-state index contributed by atoms with van der Waals surface area (Å²) in [5.74, 6) is 0. The lowest BCUT2D eigenvalue weighted by Crippen LogP contribution is -2.25. The Balaban J connectivity index is 1.77. The van der Waals surface area contributed by atoms with Crippen LogP contribution in [-0.2, 0) is 0 Å². The zero-order valence-electron chi connectivity index (χ0n) is 15.8. The van der Waals surface area contributed by atoms with Crippen LogP contribution in [0.4, 0.5) is 0 Å². The first-order valence-corrected chi connectivity index (χ1v) is 9.07. The normalized spacial score (nSPS) is 16.3. The number of pyridine rings is 2. The van der Waals surface area contributed by atoms with Crippen molar-refractivity contribution in [3.63, 3.8) is 0 Å². The Morgan fingerprint density at radius 2 is 1.30 bits per heavy atom. The van der Waals surface area contributed by atoms with E-state index in [2.05, 4.69) is 58.6 Å². The smallest absolute Gasteiger partial charge is 0.145 e. The first-order chi connectivity index (χ1) is 13.1. The molecule has 0 spiro atoms. The van der Waals surface area contributed by atoms with E-state index in [1.807, 2.05) is 44.4 Å². The average molecular weight is 354 g/mol. The molecule has 0 bridgehead atoms.